The summed E-state index contributed by atoms with van der Waals surface area (Å²) in [7, 11) is -4.68. The van der Waals surface area contributed by atoms with E-state index in [4.69, 9.17) is 34.2 Å². The first kappa shape index (κ1) is 45.5. The minimum atomic E-state index is -4.68. The number of benzene rings is 2. The third kappa shape index (κ3) is 14.0. The summed E-state index contributed by atoms with van der Waals surface area (Å²) < 4.78 is 60.3. The quantitative estimate of drug-likeness (QED) is 0.122. The van der Waals surface area contributed by atoms with Crippen molar-refractivity contribution < 1.29 is 60.8 Å². The fourth-order valence-corrected chi connectivity index (χ4v) is 6.27. The lowest BCUT2D eigenvalue weighted by molar-refractivity contribution is -0.175. The van der Waals surface area contributed by atoms with E-state index in [0.717, 1.165) is 33.8 Å². The molecule has 1 aliphatic heterocycles. The maximum absolute atomic E-state index is 14.6. The Labute approximate surface area is 327 Å². The van der Waals surface area contributed by atoms with E-state index in [0.29, 0.717) is 13.2 Å². The van der Waals surface area contributed by atoms with Crippen LogP contribution >= 0.6 is 0 Å². The monoisotopic (exact) mass is 804 g/mol. The summed E-state index contributed by atoms with van der Waals surface area (Å²) in [6.07, 6.45) is -3.26. The van der Waals surface area contributed by atoms with Gasteiger partial charge in [-0.05, 0) is 88.8 Å². The van der Waals surface area contributed by atoms with Crippen molar-refractivity contribution in [3.63, 3.8) is 0 Å². The van der Waals surface area contributed by atoms with E-state index in [-0.39, 0.29) is 37.5 Å². The lowest BCUT2D eigenvalue weighted by atomic mass is 9.97. The number of aliphatic imine (C=N–C) groups is 1. The van der Waals surface area contributed by atoms with E-state index in [1.54, 1.807) is 41.5 Å². The normalized spacial score (nSPS) is 14.4. The smallest absolute Gasteiger partial charge is 0.427 e. The van der Waals surface area contributed by atoms with Crippen molar-refractivity contribution in [1.82, 2.24) is 9.21 Å². The molecule has 2 aromatic carbocycles. The van der Waals surface area contributed by atoms with Crippen molar-refractivity contribution in [3.8, 4) is 5.75 Å². The average Bonchev–Trinajstić information content (AvgIpc) is 3.12. The number of amides is 2. The number of hydrogen-bond acceptors (Lipinski definition) is 14. The van der Waals surface area contributed by atoms with Crippen LogP contribution < -0.4 is 10.5 Å². The molecule has 2 aromatic rings. The third-order valence-corrected chi connectivity index (χ3v) is 9.97. The molecule has 1 heterocycles. The molecule has 1 unspecified atom stereocenters. The number of rotatable bonds is 14. The largest absolute Gasteiger partial charge is 0.516 e. The van der Waals surface area contributed by atoms with Gasteiger partial charge in [0.25, 0.3) is 0 Å². The van der Waals surface area contributed by atoms with Crippen LogP contribution in [0.15, 0.2) is 52.4 Å². The predicted molar refractivity (Wildman–Crippen MR) is 202 cm³/mol. The molecule has 56 heavy (non-hydrogen) atoms. The summed E-state index contributed by atoms with van der Waals surface area (Å²) in [6.45, 7) is 13.2. The van der Waals surface area contributed by atoms with Gasteiger partial charge >= 0.3 is 30.6 Å². The highest BCUT2D eigenvalue weighted by Gasteiger charge is 2.33. The maximum atomic E-state index is 14.6. The second-order valence-corrected chi connectivity index (χ2v) is 17.1. The van der Waals surface area contributed by atoms with Crippen LogP contribution in [-0.2, 0) is 54.5 Å². The van der Waals surface area contributed by atoms with Gasteiger partial charge in [0.1, 0.15) is 4.90 Å². The highest BCUT2D eigenvalue weighted by Crippen LogP contribution is 2.29. The molecule has 0 radical (unpaired) electrons. The van der Waals surface area contributed by atoms with Gasteiger partial charge in [-0.25, -0.2) is 18.0 Å². The van der Waals surface area contributed by atoms with Crippen LogP contribution in [-0.4, -0.2) is 107 Å². The summed E-state index contributed by atoms with van der Waals surface area (Å²) in [5.41, 5.74) is 5.71. The van der Waals surface area contributed by atoms with Gasteiger partial charge in [-0.2, -0.15) is 9.30 Å². The highest BCUT2D eigenvalue weighted by molar-refractivity contribution is 7.89. The molecule has 0 aromatic heterocycles. The first-order chi connectivity index (χ1) is 26.1. The first-order valence-corrected chi connectivity index (χ1v) is 19.3. The van der Waals surface area contributed by atoms with Crippen LogP contribution in [0.4, 0.5) is 9.59 Å². The lowest BCUT2D eigenvalue weighted by Crippen LogP contribution is -2.47. The minimum absolute atomic E-state index is 0.0179. The SMILES string of the molecule is CC(C)c1ccc(CCN(CC(=O)N2CCOCC2)S(=O)(=O)c2cc(C=NC(=O)OC(N)OC(=O)C(C)(C)C)ccc2OC(=O)OCOC(=O)C(C)(C)C)cc1. The number of esters is 2. The molecule has 3 rings (SSSR count). The van der Waals surface area contributed by atoms with E-state index >= 15 is 0 Å². The molecule has 0 saturated carbocycles. The predicted octanol–water partition coefficient (Wildman–Crippen LogP) is 4.35. The molecule has 18 heteroatoms. The molecular weight excluding hydrogens is 752 g/mol. The van der Waals surface area contributed by atoms with Crippen molar-refractivity contribution in [2.24, 2.45) is 21.6 Å². The van der Waals surface area contributed by atoms with Crippen molar-refractivity contribution in [2.75, 3.05) is 46.2 Å². The van der Waals surface area contributed by atoms with Crippen LogP contribution in [0.5, 0.6) is 5.75 Å². The van der Waals surface area contributed by atoms with Gasteiger partial charge in [0, 0.05) is 25.8 Å². The molecule has 1 saturated heterocycles. The number of hydrogen-bond donors (Lipinski definition) is 1. The Bertz CT molecular complexity index is 1840. The Kier molecular flexibility index (Phi) is 16.1. The van der Waals surface area contributed by atoms with Gasteiger partial charge in [-0.15, -0.1) is 0 Å². The zero-order valence-corrected chi connectivity index (χ0v) is 33.9. The van der Waals surface area contributed by atoms with E-state index in [2.05, 4.69) is 18.8 Å². The van der Waals surface area contributed by atoms with E-state index < -0.39 is 81.3 Å². The molecule has 1 fully saturated rings. The van der Waals surface area contributed by atoms with Gasteiger partial charge in [0.15, 0.2) is 5.75 Å². The number of carbonyl (C=O) groups is 5. The summed E-state index contributed by atoms with van der Waals surface area (Å²) in [4.78, 5) is 67.4. The summed E-state index contributed by atoms with van der Waals surface area (Å²) in [6, 6.07) is 11.1. The molecule has 1 aliphatic rings. The number of sulfonamides is 1. The second kappa shape index (κ2) is 19.8. The van der Waals surface area contributed by atoms with Crippen molar-refractivity contribution in [1.29, 1.82) is 0 Å². The van der Waals surface area contributed by atoms with Crippen molar-refractivity contribution >= 4 is 46.3 Å². The molecule has 0 aliphatic carbocycles. The fourth-order valence-electron chi connectivity index (χ4n) is 4.73. The molecule has 17 nitrogen and oxygen atoms in total. The Morgan fingerprint density at radius 2 is 1.54 bits per heavy atom. The van der Waals surface area contributed by atoms with Gasteiger partial charge in [-0.3, -0.25) is 20.1 Å². The summed E-state index contributed by atoms with van der Waals surface area (Å²) in [5, 5.41) is 0. The van der Waals surface area contributed by atoms with Gasteiger partial charge in [-0.1, -0.05) is 38.1 Å². The third-order valence-electron chi connectivity index (χ3n) is 8.10. The Hall–Kier alpha value is -4.91. The number of nitrogens with zero attached hydrogens (tertiary/aromatic N) is 3. The summed E-state index contributed by atoms with van der Waals surface area (Å²) >= 11 is 0. The molecular formula is C38H52N4O13S. The minimum Gasteiger partial charge on any atom is -0.427 e. The Morgan fingerprint density at radius 3 is 2.12 bits per heavy atom. The molecule has 308 valence electrons. The zero-order valence-electron chi connectivity index (χ0n) is 33.1. The van der Waals surface area contributed by atoms with Gasteiger partial charge in [0.2, 0.25) is 22.7 Å². The van der Waals surface area contributed by atoms with Crippen molar-refractivity contribution in [2.45, 2.75) is 79.0 Å². The van der Waals surface area contributed by atoms with Gasteiger partial charge in [0.05, 0.1) is 30.6 Å². The van der Waals surface area contributed by atoms with E-state index in [1.165, 1.54) is 11.0 Å². The van der Waals surface area contributed by atoms with Crippen LogP contribution in [0.2, 0.25) is 0 Å². The topological polar surface area (TPSA) is 220 Å². The average molecular weight is 805 g/mol. The van der Waals surface area contributed by atoms with E-state index in [1.807, 2.05) is 24.3 Å². The van der Waals surface area contributed by atoms with Crippen molar-refractivity contribution in [3.05, 3.63) is 59.2 Å². The molecule has 1 atom stereocenters. The number of morpholine rings is 1. The van der Waals surface area contributed by atoms with Crippen LogP contribution in [0, 0.1) is 10.8 Å². The van der Waals surface area contributed by atoms with Gasteiger partial charge < -0.3 is 33.3 Å². The molecule has 0 bridgehead atoms. The zero-order chi connectivity index (χ0) is 41.8. The number of nitrogens with two attached hydrogens (primary N) is 1. The molecule has 2 amide bonds. The fraction of sp³-hybridized carbons (Fsp3) is 0.526. The Balaban J connectivity index is 1.97. The first-order valence-electron chi connectivity index (χ1n) is 17.9. The lowest BCUT2D eigenvalue weighted by Gasteiger charge is -2.30. The molecule has 0 spiro atoms. The van der Waals surface area contributed by atoms with Crippen LogP contribution in [0.1, 0.15) is 78.0 Å². The second-order valence-electron chi connectivity index (χ2n) is 15.1. The maximum Gasteiger partial charge on any atom is 0.516 e. The van der Waals surface area contributed by atoms with Crippen LogP contribution in [0.3, 0.4) is 0 Å². The van der Waals surface area contributed by atoms with Crippen LogP contribution in [0.25, 0.3) is 0 Å². The highest BCUT2D eigenvalue weighted by atomic mass is 32.2. The summed E-state index contributed by atoms with van der Waals surface area (Å²) in [5.74, 6) is -2.09. The number of carbonyl (C=O) groups excluding carboxylic acids is 5. The standard InChI is InChI=1S/C38H52N4O13S/c1-25(2)28-12-9-26(10-13-28)15-16-42(23-31(43)41-17-19-50-20-18-41)56(48,49)30-21-27(22-40-35(46)55-34(39)54-33(45)38(6,7)8)11-14-29(30)53-36(47)52-24-51-32(44)37(3,4)5/h9-14,21-22,25,34H,15-20,23-24,39H2,1-8H3. The number of ether oxygens (including phenoxy) is 6. The van der Waals surface area contributed by atoms with E-state index in [9.17, 15) is 32.4 Å². The Morgan fingerprint density at radius 1 is 0.911 bits per heavy atom. The molecule has 2 N–H and O–H groups in total.